The molecule has 150 valence electrons. The van der Waals surface area contributed by atoms with Gasteiger partial charge in [0, 0.05) is 5.39 Å². The molecule has 0 unspecified atom stereocenters. The van der Waals surface area contributed by atoms with Gasteiger partial charge in [-0.05, 0) is 99.0 Å². The molecule has 2 saturated carbocycles. The largest absolute Gasteiger partial charge is 0.491 e. The summed E-state index contributed by atoms with van der Waals surface area (Å²) in [6.45, 7) is 6.34. The predicted molar refractivity (Wildman–Crippen MR) is 115 cm³/mol. The molecular weight excluding hydrogens is 347 g/mol. The van der Waals surface area contributed by atoms with Crippen LogP contribution in [0.1, 0.15) is 69.8 Å². The zero-order chi connectivity index (χ0) is 19.5. The molecule has 2 aromatic rings. The van der Waals surface area contributed by atoms with E-state index in [0.29, 0.717) is 23.7 Å². The van der Waals surface area contributed by atoms with E-state index in [-0.39, 0.29) is 5.82 Å². The van der Waals surface area contributed by atoms with E-state index >= 15 is 0 Å². The Hall–Kier alpha value is -1.83. The number of hydrogen-bond acceptors (Lipinski definition) is 1. The van der Waals surface area contributed by atoms with Crippen molar-refractivity contribution in [3.8, 4) is 5.75 Å². The molecule has 4 rings (SSSR count). The van der Waals surface area contributed by atoms with Crippen LogP contribution in [-0.2, 0) is 0 Å². The second kappa shape index (κ2) is 8.68. The van der Waals surface area contributed by atoms with Crippen LogP contribution in [0.3, 0.4) is 0 Å². The minimum absolute atomic E-state index is 0.232. The number of benzene rings is 2. The topological polar surface area (TPSA) is 9.23 Å². The number of allylic oxidation sites excluding steroid dienone is 1. The first-order valence-corrected chi connectivity index (χ1v) is 11.2. The van der Waals surface area contributed by atoms with Crippen LogP contribution in [0, 0.1) is 23.6 Å². The van der Waals surface area contributed by atoms with Crippen molar-refractivity contribution in [2.45, 2.75) is 64.2 Å². The average molecular weight is 381 g/mol. The first-order valence-electron chi connectivity index (χ1n) is 11.2. The molecule has 1 nitrogen and oxygen atoms in total. The molecule has 2 fully saturated rings. The number of halogens is 1. The molecule has 0 N–H and O–H groups in total. The predicted octanol–water partition coefficient (Wildman–Crippen LogP) is 7.64. The second-order valence-corrected chi connectivity index (χ2v) is 8.81. The van der Waals surface area contributed by atoms with Crippen LogP contribution in [0.4, 0.5) is 4.39 Å². The normalized spacial score (nSPS) is 28.2. The molecule has 0 atom stereocenters. The van der Waals surface area contributed by atoms with Crippen molar-refractivity contribution < 1.29 is 9.13 Å². The van der Waals surface area contributed by atoms with E-state index in [2.05, 4.69) is 24.8 Å². The summed E-state index contributed by atoms with van der Waals surface area (Å²) >= 11 is 0. The van der Waals surface area contributed by atoms with E-state index in [0.717, 1.165) is 23.1 Å². The van der Waals surface area contributed by atoms with Crippen molar-refractivity contribution in [1.82, 2.24) is 0 Å². The Morgan fingerprint density at radius 1 is 0.964 bits per heavy atom. The third-order valence-corrected chi connectivity index (χ3v) is 7.30. The molecular formula is C26H33FO. The van der Waals surface area contributed by atoms with Gasteiger partial charge in [0.1, 0.15) is 0 Å². The summed E-state index contributed by atoms with van der Waals surface area (Å²) < 4.78 is 20.0. The lowest BCUT2D eigenvalue weighted by atomic mass is 9.68. The van der Waals surface area contributed by atoms with Gasteiger partial charge in [-0.25, -0.2) is 4.39 Å². The first kappa shape index (κ1) is 19.5. The van der Waals surface area contributed by atoms with Crippen LogP contribution in [0.5, 0.6) is 5.75 Å². The van der Waals surface area contributed by atoms with E-state index in [1.165, 1.54) is 56.9 Å². The molecule has 28 heavy (non-hydrogen) atoms. The number of ether oxygens (including phenoxy) is 1. The van der Waals surface area contributed by atoms with Gasteiger partial charge >= 0.3 is 0 Å². The van der Waals surface area contributed by atoms with Gasteiger partial charge in [0.2, 0.25) is 0 Å². The van der Waals surface area contributed by atoms with Crippen molar-refractivity contribution in [3.63, 3.8) is 0 Å². The second-order valence-electron chi connectivity index (χ2n) is 8.81. The van der Waals surface area contributed by atoms with E-state index in [9.17, 15) is 4.39 Å². The fraction of sp³-hybridized carbons (Fsp3) is 0.538. The minimum Gasteiger partial charge on any atom is -0.491 e. The number of fused-ring (bicyclic) bond motifs is 1. The number of hydrogen-bond donors (Lipinski definition) is 0. The molecule has 2 heteroatoms. The molecule has 2 aromatic carbocycles. The summed E-state index contributed by atoms with van der Waals surface area (Å²) in [5, 5.41) is 1.66. The maximum absolute atomic E-state index is 14.6. The lowest BCUT2D eigenvalue weighted by Crippen LogP contribution is -2.25. The molecule has 0 saturated heterocycles. The van der Waals surface area contributed by atoms with Gasteiger partial charge in [0.15, 0.2) is 11.6 Å². The highest BCUT2D eigenvalue weighted by Crippen LogP contribution is 2.44. The summed E-state index contributed by atoms with van der Waals surface area (Å²) in [7, 11) is 0. The van der Waals surface area contributed by atoms with Crippen LogP contribution in [0.25, 0.3) is 10.8 Å². The van der Waals surface area contributed by atoms with Gasteiger partial charge < -0.3 is 4.74 Å². The first-order chi connectivity index (χ1) is 13.7. The van der Waals surface area contributed by atoms with Crippen molar-refractivity contribution in [3.05, 3.63) is 54.4 Å². The van der Waals surface area contributed by atoms with Gasteiger partial charge in [-0.1, -0.05) is 30.3 Å². The van der Waals surface area contributed by atoms with Gasteiger partial charge in [-0.3, -0.25) is 0 Å². The van der Waals surface area contributed by atoms with Gasteiger partial charge in [0.05, 0.1) is 6.61 Å². The number of rotatable bonds is 5. The summed E-state index contributed by atoms with van der Waals surface area (Å²) in [6, 6.07) is 10.1. The highest BCUT2D eigenvalue weighted by Gasteiger charge is 2.30. The fourth-order valence-electron chi connectivity index (χ4n) is 5.59. The molecule has 2 aliphatic carbocycles. The third kappa shape index (κ3) is 3.97. The van der Waals surface area contributed by atoms with Crippen molar-refractivity contribution in [2.75, 3.05) is 6.61 Å². The van der Waals surface area contributed by atoms with Crippen LogP contribution >= 0.6 is 0 Å². The Morgan fingerprint density at radius 3 is 2.29 bits per heavy atom. The van der Waals surface area contributed by atoms with Gasteiger partial charge in [-0.15, -0.1) is 6.58 Å². The van der Waals surface area contributed by atoms with Crippen molar-refractivity contribution >= 4 is 10.8 Å². The highest BCUT2D eigenvalue weighted by molar-refractivity contribution is 5.85. The molecule has 0 bridgehead atoms. The Bertz CT molecular complexity index is 811. The zero-order valence-corrected chi connectivity index (χ0v) is 17.1. The molecule has 0 aliphatic heterocycles. The van der Waals surface area contributed by atoms with E-state index in [4.69, 9.17) is 4.74 Å². The standard InChI is InChI=1S/C26H33FO/c1-3-18-5-7-19(8-6-18)20-9-11-21(12-10-20)22-13-15-24-23(17-22)14-16-25(26(24)27)28-4-2/h3,13-21H,1,4-12H2,2H3. The van der Waals surface area contributed by atoms with Crippen molar-refractivity contribution in [2.24, 2.45) is 17.8 Å². The average Bonchev–Trinajstić information content (AvgIpc) is 2.76. The van der Waals surface area contributed by atoms with E-state index < -0.39 is 0 Å². The third-order valence-electron chi connectivity index (χ3n) is 7.30. The summed E-state index contributed by atoms with van der Waals surface area (Å²) in [4.78, 5) is 0. The van der Waals surface area contributed by atoms with Crippen LogP contribution < -0.4 is 4.74 Å². The smallest absolute Gasteiger partial charge is 0.172 e. The molecule has 0 radical (unpaired) electrons. The maximum Gasteiger partial charge on any atom is 0.172 e. The molecule has 2 aliphatic rings. The Labute approximate surface area is 169 Å². The molecule has 0 amide bonds. The Balaban J connectivity index is 1.41. The lowest BCUT2D eigenvalue weighted by Gasteiger charge is -2.37. The quantitative estimate of drug-likeness (QED) is 0.484. The molecule has 0 aromatic heterocycles. The van der Waals surface area contributed by atoms with E-state index in [1.807, 2.05) is 19.1 Å². The SMILES string of the molecule is C=CC1CCC(C2CCC(c3ccc4c(F)c(OCC)ccc4c3)CC2)CC1. The Kier molecular flexibility index (Phi) is 6.04. The zero-order valence-electron chi connectivity index (χ0n) is 17.1. The maximum atomic E-state index is 14.6. The van der Waals surface area contributed by atoms with E-state index in [1.54, 1.807) is 6.07 Å². The van der Waals surface area contributed by atoms with Crippen LogP contribution in [0.2, 0.25) is 0 Å². The fourth-order valence-corrected chi connectivity index (χ4v) is 5.59. The Morgan fingerprint density at radius 2 is 1.64 bits per heavy atom. The molecule has 0 heterocycles. The summed E-state index contributed by atoms with van der Waals surface area (Å²) in [6.07, 6.45) is 12.9. The monoisotopic (exact) mass is 380 g/mol. The van der Waals surface area contributed by atoms with Crippen LogP contribution in [-0.4, -0.2) is 6.61 Å². The van der Waals surface area contributed by atoms with Gasteiger partial charge in [-0.2, -0.15) is 0 Å². The lowest BCUT2D eigenvalue weighted by molar-refractivity contribution is 0.171. The summed E-state index contributed by atoms with van der Waals surface area (Å²) in [5.41, 5.74) is 1.38. The minimum atomic E-state index is -0.232. The molecule has 0 spiro atoms. The van der Waals surface area contributed by atoms with Crippen molar-refractivity contribution in [1.29, 1.82) is 0 Å². The van der Waals surface area contributed by atoms with Gasteiger partial charge in [0.25, 0.3) is 0 Å². The summed E-state index contributed by atoms with van der Waals surface area (Å²) in [5.74, 6) is 3.35. The van der Waals surface area contributed by atoms with Crippen LogP contribution in [0.15, 0.2) is 43.0 Å². The highest BCUT2D eigenvalue weighted by atomic mass is 19.1.